The van der Waals surface area contributed by atoms with Gasteiger partial charge in [0.2, 0.25) is 47.3 Å². The number of H-pyrrole nitrogens is 1. The van der Waals surface area contributed by atoms with E-state index in [2.05, 4.69) is 42.2 Å². The SMILES string of the molecule is CC[C@H](C)[C@@H]1NC(=O)CNC(=O)[C@@H]2Cc3c([nH]c4ccccc34)SC(NC(=O)CNC1=O)C(=O)NC(CC(N)=O)C(=O)N1CCCC1C(=O)N[C@@H]([C@@H](C)CC)C(=O)N2. The molecule has 4 heterocycles. The number of aromatic amines is 1. The van der Waals surface area contributed by atoms with Crippen molar-refractivity contribution < 1.29 is 43.2 Å². The van der Waals surface area contributed by atoms with E-state index in [9.17, 15) is 43.2 Å². The van der Waals surface area contributed by atoms with E-state index < -0.39 is 120 Å². The van der Waals surface area contributed by atoms with Crippen molar-refractivity contribution in [3.8, 4) is 0 Å². The summed E-state index contributed by atoms with van der Waals surface area (Å²) in [6, 6.07) is 0.774. The zero-order chi connectivity index (χ0) is 42.3. The number of primary amides is 1. The Labute approximate surface area is 339 Å². The number of carbonyl (C=O) groups excluding carboxylic acids is 9. The number of hydrogen-bond acceptors (Lipinski definition) is 10. The topological polar surface area (TPSA) is 283 Å². The number of nitrogens with two attached hydrogens (primary N) is 1. The minimum absolute atomic E-state index is 0.0999. The van der Waals surface area contributed by atoms with Gasteiger partial charge in [0.05, 0.1) is 24.5 Å². The second-order valence-corrected chi connectivity index (χ2v) is 16.1. The highest BCUT2D eigenvalue weighted by atomic mass is 32.2. The summed E-state index contributed by atoms with van der Waals surface area (Å²) in [5.74, 6) is -7.75. The summed E-state index contributed by atoms with van der Waals surface area (Å²) in [6.45, 7) is 6.04. The smallest absolute Gasteiger partial charge is 0.254 e. The maximum absolute atomic E-state index is 14.3. The maximum Gasteiger partial charge on any atom is 0.254 e. The number of hydrogen-bond donors (Lipinski definition) is 9. The zero-order valence-electron chi connectivity index (χ0n) is 32.9. The first-order chi connectivity index (χ1) is 27.6. The van der Waals surface area contributed by atoms with Crippen LogP contribution in [0.4, 0.5) is 0 Å². The molecule has 1 aromatic carbocycles. The molecule has 58 heavy (non-hydrogen) atoms. The van der Waals surface area contributed by atoms with Crippen molar-refractivity contribution in [2.75, 3.05) is 19.6 Å². The summed E-state index contributed by atoms with van der Waals surface area (Å²) in [4.78, 5) is 128. The highest BCUT2D eigenvalue weighted by Crippen LogP contribution is 2.33. The van der Waals surface area contributed by atoms with Crippen molar-refractivity contribution in [1.29, 1.82) is 0 Å². The lowest BCUT2D eigenvalue weighted by molar-refractivity contribution is -0.143. The van der Waals surface area contributed by atoms with Crippen molar-refractivity contribution in [2.24, 2.45) is 17.6 Å². The Morgan fingerprint density at radius 2 is 1.43 bits per heavy atom. The van der Waals surface area contributed by atoms with Gasteiger partial charge in [-0.15, -0.1) is 0 Å². The van der Waals surface area contributed by atoms with E-state index >= 15 is 0 Å². The fraction of sp³-hybridized carbons (Fsp3) is 0.553. The fourth-order valence-electron chi connectivity index (χ4n) is 7.21. The van der Waals surface area contributed by atoms with Gasteiger partial charge in [0.25, 0.3) is 5.91 Å². The van der Waals surface area contributed by atoms with Crippen LogP contribution < -0.4 is 43.0 Å². The molecule has 10 N–H and O–H groups in total. The summed E-state index contributed by atoms with van der Waals surface area (Å²) < 4.78 is 0. The summed E-state index contributed by atoms with van der Waals surface area (Å²) in [5.41, 5.74) is 6.58. The van der Waals surface area contributed by atoms with Gasteiger partial charge < -0.3 is 52.8 Å². The number of amides is 9. The quantitative estimate of drug-likeness (QED) is 0.161. The van der Waals surface area contributed by atoms with Crippen molar-refractivity contribution >= 4 is 75.8 Å². The van der Waals surface area contributed by atoms with Gasteiger partial charge in [-0.1, -0.05) is 70.5 Å². The highest BCUT2D eigenvalue weighted by Gasteiger charge is 2.42. The average Bonchev–Trinajstić information content (AvgIpc) is 3.82. The predicted molar refractivity (Wildman–Crippen MR) is 211 cm³/mol. The van der Waals surface area contributed by atoms with Crippen LogP contribution in [0.25, 0.3) is 10.9 Å². The number of nitrogens with zero attached hydrogens (tertiary/aromatic N) is 1. The number of carbonyl (C=O) groups is 9. The zero-order valence-corrected chi connectivity index (χ0v) is 33.7. The molecule has 0 radical (unpaired) electrons. The molecule has 0 spiro atoms. The number of para-hydroxylation sites is 1. The molecule has 1 fully saturated rings. The molecule has 9 amide bonds. The van der Waals surface area contributed by atoms with Crippen molar-refractivity contribution in [1.82, 2.24) is 47.1 Å². The van der Waals surface area contributed by atoms with E-state index in [1.807, 2.05) is 6.92 Å². The van der Waals surface area contributed by atoms with Gasteiger partial charge in [0.15, 0.2) is 5.37 Å². The van der Waals surface area contributed by atoms with Gasteiger partial charge in [-0.3, -0.25) is 43.2 Å². The van der Waals surface area contributed by atoms with E-state index in [1.54, 1.807) is 45.0 Å². The normalized spacial score (nSPS) is 26.9. The Balaban J connectivity index is 1.68. The lowest BCUT2D eigenvalue weighted by Gasteiger charge is -2.31. The lowest BCUT2D eigenvalue weighted by atomic mass is 9.96. The summed E-state index contributed by atoms with van der Waals surface area (Å²) >= 11 is 0.828. The molecule has 20 heteroatoms. The van der Waals surface area contributed by atoms with Gasteiger partial charge in [0.1, 0.15) is 30.2 Å². The molecule has 3 aliphatic heterocycles. The third-order valence-corrected chi connectivity index (χ3v) is 12.0. The molecule has 3 aliphatic rings. The first-order valence-corrected chi connectivity index (χ1v) is 20.4. The van der Waals surface area contributed by atoms with Crippen LogP contribution in [0.3, 0.4) is 0 Å². The molecular weight excluding hydrogens is 773 g/mol. The minimum atomic E-state index is -1.54. The van der Waals surface area contributed by atoms with Gasteiger partial charge in [0, 0.05) is 23.9 Å². The van der Waals surface area contributed by atoms with Crippen LogP contribution in [0.5, 0.6) is 0 Å². The minimum Gasteiger partial charge on any atom is -0.370 e. The molecule has 2 aromatic rings. The molecule has 2 bridgehead atoms. The first kappa shape index (κ1) is 43.5. The Kier molecular flexibility index (Phi) is 14.4. The molecule has 19 nitrogen and oxygen atoms in total. The molecule has 1 aromatic heterocycles. The van der Waals surface area contributed by atoms with Crippen molar-refractivity contribution in [2.45, 2.75) is 107 Å². The summed E-state index contributed by atoms with van der Waals surface area (Å²) in [5, 5.41) is 17.8. The van der Waals surface area contributed by atoms with Crippen LogP contribution in [0, 0.1) is 11.8 Å². The number of thioether (sulfide) groups is 1. The van der Waals surface area contributed by atoms with Crippen LogP contribution in [0.1, 0.15) is 65.4 Å². The van der Waals surface area contributed by atoms with Crippen LogP contribution >= 0.6 is 11.8 Å². The van der Waals surface area contributed by atoms with Crippen LogP contribution in [0.15, 0.2) is 29.3 Å². The molecule has 3 unspecified atom stereocenters. The van der Waals surface area contributed by atoms with Crippen LogP contribution in [-0.2, 0) is 49.6 Å². The highest BCUT2D eigenvalue weighted by molar-refractivity contribution is 8.00. The lowest BCUT2D eigenvalue weighted by Crippen LogP contribution is -2.60. The van der Waals surface area contributed by atoms with Crippen LogP contribution in [-0.4, -0.2) is 118 Å². The van der Waals surface area contributed by atoms with E-state index in [-0.39, 0.29) is 19.4 Å². The van der Waals surface area contributed by atoms with Gasteiger partial charge in [-0.05, 0) is 36.3 Å². The van der Waals surface area contributed by atoms with E-state index in [0.29, 0.717) is 40.8 Å². The molecule has 8 atom stereocenters. The number of rotatable bonds is 6. The molecule has 0 aliphatic carbocycles. The second-order valence-electron chi connectivity index (χ2n) is 15.0. The summed E-state index contributed by atoms with van der Waals surface area (Å²) in [6.07, 6.45) is 0.703. The van der Waals surface area contributed by atoms with Crippen LogP contribution in [0.2, 0.25) is 0 Å². The molecule has 0 saturated carbocycles. The largest absolute Gasteiger partial charge is 0.370 e. The molecule has 314 valence electrons. The van der Waals surface area contributed by atoms with E-state index in [0.717, 1.165) is 11.8 Å². The number of benzene rings is 1. The average molecular weight is 825 g/mol. The Hall–Kier alpha value is -5.66. The molecule has 5 rings (SSSR count). The predicted octanol–water partition coefficient (Wildman–Crippen LogP) is -1.60. The third kappa shape index (κ3) is 10.3. The van der Waals surface area contributed by atoms with Gasteiger partial charge >= 0.3 is 0 Å². The first-order valence-electron chi connectivity index (χ1n) is 19.5. The fourth-order valence-corrected chi connectivity index (χ4v) is 8.32. The van der Waals surface area contributed by atoms with Gasteiger partial charge in [-0.2, -0.15) is 0 Å². The number of aromatic nitrogens is 1. The Morgan fingerprint density at radius 3 is 2.10 bits per heavy atom. The van der Waals surface area contributed by atoms with E-state index in [4.69, 9.17) is 5.73 Å². The monoisotopic (exact) mass is 824 g/mol. The second kappa shape index (κ2) is 19.2. The Morgan fingerprint density at radius 1 is 0.793 bits per heavy atom. The molecule has 1 saturated heterocycles. The Bertz CT molecular complexity index is 1960. The van der Waals surface area contributed by atoms with E-state index in [1.165, 1.54) is 4.90 Å². The number of fused-ring (bicyclic) bond motifs is 4. The molecular formula is C38H52N10O9S. The maximum atomic E-state index is 14.3. The summed E-state index contributed by atoms with van der Waals surface area (Å²) in [7, 11) is 0. The van der Waals surface area contributed by atoms with Crippen molar-refractivity contribution in [3.05, 3.63) is 29.8 Å². The van der Waals surface area contributed by atoms with Crippen molar-refractivity contribution in [3.63, 3.8) is 0 Å². The van der Waals surface area contributed by atoms with Gasteiger partial charge in [-0.25, -0.2) is 0 Å². The number of nitrogens with one attached hydrogen (secondary N) is 8. The third-order valence-electron chi connectivity index (χ3n) is 10.9. The standard InChI is InChI=1S/C38H52N10O9S/c1-5-18(3)29-33(54)41-17-28(51)46-37-35(56)43-24(15-26(39)49)38(57)48-13-9-12-25(48)32(53)47-30(19(4)6-2)34(55)42-23(31(52)40-16-27(50)45-29)14-21-20-10-7-8-11-22(20)44-36(21)58-37/h7-8,10-11,18-19,23-25,29-30,37,44H,5-6,9,12-17H2,1-4H3,(H2,39,49)(H,40,52)(H,41,54)(H,42,55)(H,43,56)(H,45,50)(H,46,51)(H,47,53)/t18-,19-,23-,24?,25?,29-,30-,37?/m0/s1.